The van der Waals surface area contributed by atoms with Crippen LogP contribution in [0.25, 0.3) is 0 Å². The van der Waals surface area contributed by atoms with Gasteiger partial charge in [-0.2, -0.15) is 0 Å². The number of aryl methyl sites for hydroxylation is 1. The van der Waals surface area contributed by atoms with Crippen LogP contribution in [0.4, 0.5) is 0 Å². The van der Waals surface area contributed by atoms with E-state index in [4.69, 9.17) is 4.42 Å². The molecule has 2 N–H and O–H groups in total. The van der Waals surface area contributed by atoms with E-state index in [9.17, 15) is 4.79 Å². The fourth-order valence-electron chi connectivity index (χ4n) is 2.02. The maximum atomic E-state index is 11.9. The van der Waals surface area contributed by atoms with Crippen LogP contribution < -0.4 is 10.6 Å². The van der Waals surface area contributed by atoms with E-state index >= 15 is 0 Å². The van der Waals surface area contributed by atoms with Gasteiger partial charge in [-0.05, 0) is 12.1 Å². The first-order valence-electron chi connectivity index (χ1n) is 6.90. The number of imidazole rings is 1. The molecule has 1 saturated heterocycles. The van der Waals surface area contributed by atoms with Crippen molar-refractivity contribution in [2.75, 3.05) is 19.6 Å². The van der Waals surface area contributed by atoms with Gasteiger partial charge in [0.25, 0.3) is 5.91 Å². The lowest BCUT2D eigenvalue weighted by atomic mass is 10.0. The summed E-state index contributed by atoms with van der Waals surface area (Å²) in [6.07, 6.45) is 3.66. The number of amides is 1. The van der Waals surface area contributed by atoms with E-state index in [0.29, 0.717) is 24.0 Å². The van der Waals surface area contributed by atoms with Crippen molar-refractivity contribution >= 4 is 42.5 Å². The molecule has 3 heterocycles. The van der Waals surface area contributed by atoms with Gasteiger partial charge in [0, 0.05) is 45.0 Å². The maximum Gasteiger partial charge on any atom is 0.287 e. The van der Waals surface area contributed by atoms with Crippen LogP contribution in [0.1, 0.15) is 16.3 Å². The van der Waals surface area contributed by atoms with E-state index in [-0.39, 0.29) is 30.7 Å². The molecule has 0 aromatic carbocycles. The fourth-order valence-corrected chi connectivity index (χ4v) is 2.85. The number of carbonyl (C=O) groups is 1. The molecule has 128 valence electrons. The van der Waals surface area contributed by atoms with Crippen molar-refractivity contribution in [1.29, 1.82) is 0 Å². The second-order valence-corrected chi connectivity index (χ2v) is 6.05. The molecular weight excluding hydrogens is 359 g/mol. The first kappa shape index (κ1) is 19.9. The van der Waals surface area contributed by atoms with Crippen molar-refractivity contribution in [3.8, 4) is 0 Å². The highest BCUT2D eigenvalue weighted by Crippen LogP contribution is 2.21. The lowest BCUT2D eigenvalue weighted by Gasteiger charge is -2.26. The van der Waals surface area contributed by atoms with Crippen LogP contribution in [0.3, 0.4) is 0 Å². The van der Waals surface area contributed by atoms with Crippen LogP contribution in [-0.4, -0.2) is 35.1 Å². The Morgan fingerprint density at radius 2 is 2.26 bits per heavy atom. The molecule has 1 aliphatic rings. The Morgan fingerprint density at radius 3 is 2.87 bits per heavy atom. The molecule has 2 aromatic heterocycles. The smallest absolute Gasteiger partial charge is 0.287 e. The number of nitrogens with zero attached hydrogens (tertiary/aromatic N) is 2. The molecule has 6 nitrogen and oxygen atoms in total. The Bertz CT molecular complexity index is 628. The molecule has 3 rings (SSSR count). The van der Waals surface area contributed by atoms with E-state index in [1.807, 2.05) is 23.9 Å². The third-order valence-corrected chi connectivity index (χ3v) is 4.50. The summed E-state index contributed by atoms with van der Waals surface area (Å²) in [6, 6.07) is 3.57. The first-order valence-corrected chi connectivity index (χ1v) is 7.88. The fraction of sp³-hybridized carbons (Fsp3) is 0.429. The van der Waals surface area contributed by atoms with Gasteiger partial charge in [-0.1, -0.05) is 11.8 Å². The zero-order valence-electron chi connectivity index (χ0n) is 12.7. The molecule has 1 amide bonds. The van der Waals surface area contributed by atoms with E-state index in [0.717, 1.165) is 24.0 Å². The number of hydrogen-bond acceptors (Lipinski definition) is 5. The highest BCUT2D eigenvalue weighted by molar-refractivity contribution is 7.98. The summed E-state index contributed by atoms with van der Waals surface area (Å²) in [5.41, 5.74) is 0. The number of nitrogens with one attached hydrogen (secondary N) is 2. The highest BCUT2D eigenvalue weighted by atomic mass is 35.5. The van der Waals surface area contributed by atoms with Gasteiger partial charge < -0.3 is 19.6 Å². The van der Waals surface area contributed by atoms with Crippen LogP contribution in [0.15, 0.2) is 34.1 Å². The molecule has 1 aliphatic heterocycles. The van der Waals surface area contributed by atoms with Crippen molar-refractivity contribution in [3.63, 3.8) is 0 Å². The van der Waals surface area contributed by atoms with Crippen molar-refractivity contribution in [3.05, 3.63) is 36.0 Å². The SMILES string of the molecule is Cl.Cl.Cn1ccnc1SCc1ccc(C(=O)NCC2CNC2)o1. The third-order valence-electron chi connectivity index (χ3n) is 3.42. The molecule has 2 aromatic rings. The molecule has 1 fully saturated rings. The minimum Gasteiger partial charge on any atom is -0.455 e. The van der Waals surface area contributed by atoms with Crippen LogP contribution in [0.2, 0.25) is 0 Å². The van der Waals surface area contributed by atoms with Crippen molar-refractivity contribution in [2.45, 2.75) is 10.9 Å². The van der Waals surface area contributed by atoms with E-state index in [2.05, 4.69) is 15.6 Å². The third kappa shape index (κ3) is 5.17. The van der Waals surface area contributed by atoms with Gasteiger partial charge in [0.1, 0.15) is 5.76 Å². The van der Waals surface area contributed by atoms with Crippen molar-refractivity contribution in [1.82, 2.24) is 20.2 Å². The normalized spacial score (nSPS) is 13.6. The molecule has 0 spiro atoms. The summed E-state index contributed by atoms with van der Waals surface area (Å²) < 4.78 is 7.53. The quantitative estimate of drug-likeness (QED) is 0.753. The number of aromatic nitrogens is 2. The molecule has 0 saturated carbocycles. The Kier molecular flexibility index (Phi) is 7.98. The Morgan fingerprint density at radius 1 is 1.48 bits per heavy atom. The summed E-state index contributed by atoms with van der Waals surface area (Å²) in [6.45, 7) is 2.65. The van der Waals surface area contributed by atoms with E-state index in [1.165, 1.54) is 0 Å². The number of halogens is 2. The largest absolute Gasteiger partial charge is 0.455 e. The monoisotopic (exact) mass is 378 g/mol. The first-order chi connectivity index (χ1) is 10.2. The van der Waals surface area contributed by atoms with Gasteiger partial charge in [0.2, 0.25) is 0 Å². The molecular formula is C14H20Cl2N4O2S. The molecule has 0 bridgehead atoms. The predicted molar refractivity (Wildman–Crippen MR) is 94.7 cm³/mol. The second-order valence-electron chi connectivity index (χ2n) is 5.11. The summed E-state index contributed by atoms with van der Waals surface area (Å²) in [4.78, 5) is 16.2. The Hall–Kier alpha value is -1.15. The minimum atomic E-state index is -0.143. The number of furan rings is 1. The second kappa shape index (κ2) is 9.22. The Labute approximate surface area is 151 Å². The average molecular weight is 379 g/mol. The molecule has 0 unspecified atom stereocenters. The molecule has 9 heteroatoms. The highest BCUT2D eigenvalue weighted by Gasteiger charge is 2.18. The van der Waals surface area contributed by atoms with Crippen LogP contribution in [-0.2, 0) is 12.8 Å². The minimum absolute atomic E-state index is 0. The zero-order valence-corrected chi connectivity index (χ0v) is 15.1. The number of rotatable bonds is 6. The van der Waals surface area contributed by atoms with Crippen molar-refractivity contribution in [2.24, 2.45) is 13.0 Å². The maximum absolute atomic E-state index is 11.9. The van der Waals surface area contributed by atoms with Gasteiger partial charge in [0.15, 0.2) is 10.9 Å². The van der Waals surface area contributed by atoms with Gasteiger partial charge in [-0.15, -0.1) is 24.8 Å². The lowest BCUT2D eigenvalue weighted by Crippen LogP contribution is -2.48. The average Bonchev–Trinajstić information content (AvgIpc) is 3.03. The number of carbonyl (C=O) groups excluding carboxylic acids is 1. The van der Waals surface area contributed by atoms with E-state index in [1.54, 1.807) is 24.0 Å². The summed E-state index contributed by atoms with van der Waals surface area (Å²) in [5.74, 6) is 2.21. The topological polar surface area (TPSA) is 72.1 Å². The lowest BCUT2D eigenvalue weighted by molar-refractivity contribution is 0.0913. The number of hydrogen-bond donors (Lipinski definition) is 2. The molecule has 0 aliphatic carbocycles. The molecule has 0 atom stereocenters. The zero-order chi connectivity index (χ0) is 14.7. The summed E-state index contributed by atoms with van der Waals surface area (Å²) in [7, 11) is 1.95. The van der Waals surface area contributed by atoms with Gasteiger partial charge >= 0.3 is 0 Å². The van der Waals surface area contributed by atoms with Crippen LogP contribution >= 0.6 is 36.6 Å². The van der Waals surface area contributed by atoms with Crippen LogP contribution in [0, 0.1) is 5.92 Å². The van der Waals surface area contributed by atoms with Crippen LogP contribution in [0.5, 0.6) is 0 Å². The summed E-state index contributed by atoms with van der Waals surface area (Å²) >= 11 is 1.58. The van der Waals surface area contributed by atoms with Crippen molar-refractivity contribution < 1.29 is 9.21 Å². The molecule has 0 radical (unpaired) electrons. The van der Waals surface area contributed by atoms with E-state index < -0.39 is 0 Å². The van der Waals surface area contributed by atoms with Gasteiger partial charge in [0.05, 0.1) is 5.75 Å². The number of thioether (sulfide) groups is 1. The predicted octanol–water partition coefficient (Wildman–Crippen LogP) is 2.10. The molecule has 23 heavy (non-hydrogen) atoms. The van der Waals surface area contributed by atoms with Gasteiger partial charge in [-0.25, -0.2) is 4.98 Å². The standard InChI is InChI=1S/C14H18N4O2S.2ClH/c1-18-5-4-16-14(18)21-9-11-2-3-12(20-11)13(19)17-8-10-6-15-7-10;;/h2-5,10,15H,6-9H2,1H3,(H,17,19);2*1H. The summed E-state index contributed by atoms with van der Waals surface area (Å²) in [5, 5.41) is 7.00. The van der Waals surface area contributed by atoms with Gasteiger partial charge in [-0.3, -0.25) is 4.79 Å². The Balaban J connectivity index is 0.00000132.